The van der Waals surface area contributed by atoms with E-state index in [0.29, 0.717) is 17.0 Å². The Balaban J connectivity index is 1.49. The number of halogens is 3. The Hall–Kier alpha value is -3.82. The zero-order chi connectivity index (χ0) is 21.1. The lowest BCUT2D eigenvalue weighted by Crippen LogP contribution is -2.12. The minimum absolute atomic E-state index is 0.0721. The van der Waals surface area contributed by atoms with Crippen LogP contribution in [0.3, 0.4) is 0 Å². The summed E-state index contributed by atoms with van der Waals surface area (Å²) in [7, 11) is 0. The third-order valence-electron chi connectivity index (χ3n) is 4.31. The van der Waals surface area contributed by atoms with Gasteiger partial charge in [-0.1, -0.05) is 18.2 Å². The molecule has 0 fully saturated rings. The monoisotopic (exact) mass is 412 g/mol. The Morgan fingerprint density at radius 1 is 0.933 bits per heavy atom. The number of pyridine rings is 1. The number of hydrogen-bond donors (Lipinski definition) is 0. The molecule has 1 aromatic carbocycles. The maximum atomic E-state index is 13.2. The smallest absolute Gasteiger partial charge is 0.416 e. The van der Waals surface area contributed by atoms with Crippen molar-refractivity contribution in [2.24, 2.45) is 0 Å². The Morgan fingerprint density at radius 2 is 1.73 bits per heavy atom. The van der Waals surface area contributed by atoms with Crippen molar-refractivity contribution in [2.45, 2.75) is 19.7 Å². The fourth-order valence-corrected chi connectivity index (χ4v) is 2.79. The fraction of sp³-hybridized carbons (Fsp3) is 0.150. The number of ether oxygens (including phenoxy) is 1. The van der Waals surface area contributed by atoms with Crippen LogP contribution in [0, 0.1) is 6.92 Å². The molecule has 10 heteroatoms. The molecule has 3 aromatic heterocycles. The van der Waals surface area contributed by atoms with Crippen molar-refractivity contribution in [3.05, 3.63) is 77.9 Å². The standard InChI is InChI=1S/C20H15F3N6O/c1-13-5-4-6-16(20(21,22)23)15(13)12-30-14-9-25-19(26-10-14)29-27-11-18(28-29)17-7-2-3-8-24-17/h2-11H,12H2,1H3. The van der Waals surface area contributed by atoms with Crippen LogP contribution in [0.2, 0.25) is 0 Å². The highest BCUT2D eigenvalue weighted by molar-refractivity contribution is 5.51. The molecule has 0 saturated carbocycles. The molecule has 0 unspecified atom stereocenters. The molecule has 152 valence electrons. The lowest BCUT2D eigenvalue weighted by atomic mass is 10.0. The first-order chi connectivity index (χ1) is 14.4. The van der Waals surface area contributed by atoms with Gasteiger partial charge in [-0.15, -0.1) is 9.90 Å². The van der Waals surface area contributed by atoms with Crippen LogP contribution in [0.25, 0.3) is 17.3 Å². The lowest BCUT2D eigenvalue weighted by molar-refractivity contribution is -0.138. The van der Waals surface area contributed by atoms with E-state index in [-0.39, 0.29) is 23.9 Å². The van der Waals surface area contributed by atoms with Crippen LogP contribution in [-0.2, 0) is 12.8 Å². The van der Waals surface area contributed by atoms with Crippen molar-refractivity contribution in [2.75, 3.05) is 0 Å². The molecule has 3 heterocycles. The summed E-state index contributed by atoms with van der Waals surface area (Å²) in [6, 6.07) is 9.44. The molecule has 0 aliphatic rings. The van der Waals surface area contributed by atoms with Gasteiger partial charge in [-0.2, -0.15) is 18.3 Å². The average Bonchev–Trinajstić information content (AvgIpc) is 3.23. The van der Waals surface area contributed by atoms with Gasteiger partial charge in [0.15, 0.2) is 5.75 Å². The van der Waals surface area contributed by atoms with E-state index in [4.69, 9.17) is 4.74 Å². The summed E-state index contributed by atoms with van der Waals surface area (Å²) in [5.41, 5.74) is 1.05. The third kappa shape index (κ3) is 4.12. The van der Waals surface area contributed by atoms with Gasteiger partial charge in [0, 0.05) is 11.8 Å². The normalized spacial score (nSPS) is 11.5. The van der Waals surface area contributed by atoms with Crippen molar-refractivity contribution in [3.8, 4) is 23.1 Å². The number of rotatable bonds is 5. The van der Waals surface area contributed by atoms with E-state index in [9.17, 15) is 13.2 Å². The summed E-state index contributed by atoms with van der Waals surface area (Å²) in [5, 5.41) is 8.39. The predicted molar refractivity (Wildman–Crippen MR) is 101 cm³/mol. The molecule has 4 rings (SSSR count). The Labute approximate surface area is 169 Å². The van der Waals surface area contributed by atoms with Gasteiger partial charge in [-0.3, -0.25) is 4.98 Å². The minimum Gasteiger partial charge on any atom is -0.486 e. The largest absolute Gasteiger partial charge is 0.486 e. The third-order valence-corrected chi connectivity index (χ3v) is 4.31. The first-order valence-corrected chi connectivity index (χ1v) is 8.86. The Kier molecular flexibility index (Phi) is 5.13. The molecule has 0 aliphatic carbocycles. The molecule has 0 saturated heterocycles. The fourth-order valence-electron chi connectivity index (χ4n) is 2.79. The Morgan fingerprint density at radius 3 is 2.43 bits per heavy atom. The molecule has 7 nitrogen and oxygen atoms in total. The van der Waals surface area contributed by atoms with Crippen molar-refractivity contribution < 1.29 is 17.9 Å². The van der Waals surface area contributed by atoms with Crippen molar-refractivity contribution in [1.29, 1.82) is 0 Å². The topological polar surface area (TPSA) is 78.6 Å². The second-order valence-electron chi connectivity index (χ2n) is 6.34. The number of aryl methyl sites for hydroxylation is 1. The molecule has 0 spiro atoms. The van der Waals surface area contributed by atoms with Gasteiger partial charge in [0.05, 0.1) is 29.8 Å². The quantitative estimate of drug-likeness (QED) is 0.493. The Bertz CT molecular complexity index is 1140. The lowest BCUT2D eigenvalue weighted by Gasteiger charge is -2.15. The second-order valence-corrected chi connectivity index (χ2v) is 6.34. The van der Waals surface area contributed by atoms with E-state index in [0.717, 1.165) is 6.07 Å². The van der Waals surface area contributed by atoms with E-state index in [1.165, 1.54) is 29.5 Å². The van der Waals surface area contributed by atoms with E-state index in [2.05, 4.69) is 25.1 Å². The molecular weight excluding hydrogens is 397 g/mol. The minimum atomic E-state index is -4.46. The van der Waals surface area contributed by atoms with E-state index in [1.807, 2.05) is 6.07 Å². The van der Waals surface area contributed by atoms with Crippen LogP contribution in [0.4, 0.5) is 13.2 Å². The summed E-state index contributed by atoms with van der Waals surface area (Å²) in [6.45, 7) is 1.35. The van der Waals surface area contributed by atoms with E-state index < -0.39 is 11.7 Å². The predicted octanol–water partition coefficient (Wildman–Crippen LogP) is 4.03. The molecule has 0 radical (unpaired) electrons. The van der Waals surface area contributed by atoms with Crippen LogP contribution in [-0.4, -0.2) is 29.9 Å². The second kappa shape index (κ2) is 7.90. The van der Waals surface area contributed by atoms with Gasteiger partial charge in [0.25, 0.3) is 5.95 Å². The molecule has 0 atom stereocenters. The van der Waals surface area contributed by atoms with Crippen LogP contribution in [0.15, 0.2) is 61.2 Å². The number of hydrogen-bond acceptors (Lipinski definition) is 6. The molecule has 4 aromatic rings. The van der Waals surface area contributed by atoms with Crippen molar-refractivity contribution >= 4 is 0 Å². The van der Waals surface area contributed by atoms with E-state index in [1.54, 1.807) is 31.3 Å². The van der Waals surface area contributed by atoms with Crippen molar-refractivity contribution in [3.63, 3.8) is 0 Å². The molecule has 0 N–H and O–H groups in total. The highest BCUT2D eigenvalue weighted by Crippen LogP contribution is 2.33. The summed E-state index contributed by atoms with van der Waals surface area (Å²) in [4.78, 5) is 13.7. The van der Waals surface area contributed by atoms with Gasteiger partial charge in [-0.05, 0) is 30.7 Å². The summed E-state index contributed by atoms with van der Waals surface area (Å²) >= 11 is 0. The van der Waals surface area contributed by atoms with Crippen LogP contribution < -0.4 is 4.74 Å². The van der Waals surface area contributed by atoms with Gasteiger partial charge in [0.1, 0.15) is 12.3 Å². The SMILES string of the molecule is Cc1cccc(C(F)(F)F)c1COc1cnc(-n2ncc(-c3ccccn3)n2)nc1. The number of benzene rings is 1. The summed E-state index contributed by atoms with van der Waals surface area (Å²) in [6.07, 6.45) is 1.44. The molecule has 0 amide bonds. The molecule has 0 aliphatic heterocycles. The highest BCUT2D eigenvalue weighted by Gasteiger charge is 2.33. The maximum Gasteiger partial charge on any atom is 0.416 e. The number of aromatic nitrogens is 6. The zero-order valence-electron chi connectivity index (χ0n) is 15.7. The first-order valence-electron chi connectivity index (χ1n) is 8.86. The van der Waals surface area contributed by atoms with Gasteiger partial charge in [0.2, 0.25) is 0 Å². The first kappa shape index (κ1) is 19.5. The van der Waals surface area contributed by atoms with Gasteiger partial charge < -0.3 is 4.74 Å². The van der Waals surface area contributed by atoms with Gasteiger partial charge >= 0.3 is 6.18 Å². The summed E-state index contributed by atoms with van der Waals surface area (Å²) in [5.74, 6) is 0.420. The highest BCUT2D eigenvalue weighted by atomic mass is 19.4. The number of alkyl halides is 3. The van der Waals surface area contributed by atoms with Crippen molar-refractivity contribution in [1.82, 2.24) is 29.9 Å². The van der Waals surface area contributed by atoms with Crippen LogP contribution in [0.5, 0.6) is 5.75 Å². The summed E-state index contributed by atoms with van der Waals surface area (Å²) < 4.78 is 45.1. The number of nitrogens with zero attached hydrogens (tertiary/aromatic N) is 6. The zero-order valence-corrected chi connectivity index (χ0v) is 15.7. The van der Waals surface area contributed by atoms with E-state index >= 15 is 0 Å². The molecule has 0 bridgehead atoms. The average molecular weight is 412 g/mol. The van der Waals surface area contributed by atoms with Gasteiger partial charge in [-0.25, -0.2) is 9.97 Å². The molecular formula is C20H15F3N6O. The van der Waals surface area contributed by atoms with Crippen LogP contribution >= 0.6 is 0 Å². The van der Waals surface area contributed by atoms with Crippen LogP contribution in [0.1, 0.15) is 16.7 Å². The maximum absolute atomic E-state index is 13.2. The molecule has 30 heavy (non-hydrogen) atoms.